The molecule has 2 aromatic rings. The van der Waals surface area contributed by atoms with Crippen LogP contribution in [0.2, 0.25) is 15.1 Å². The Hall–Kier alpha value is -3.09. The van der Waals surface area contributed by atoms with Crippen LogP contribution >= 0.6 is 34.8 Å². The van der Waals surface area contributed by atoms with Gasteiger partial charge in [0.1, 0.15) is 0 Å². The topological polar surface area (TPSA) is 98.7 Å². The summed E-state index contributed by atoms with van der Waals surface area (Å²) in [4.78, 5) is 21.8. The number of hydrogen-bond acceptors (Lipinski definition) is 4. The summed E-state index contributed by atoms with van der Waals surface area (Å²) in [6.07, 6.45) is -7.52. The van der Waals surface area contributed by atoms with Gasteiger partial charge >= 0.3 is 24.3 Å². The van der Waals surface area contributed by atoms with Crippen LogP contribution in [0.5, 0.6) is 0 Å². The van der Waals surface area contributed by atoms with E-state index in [9.17, 15) is 35.9 Å². The number of aliphatic carboxylic acids is 2. The van der Waals surface area contributed by atoms with Crippen molar-refractivity contribution in [3.63, 3.8) is 0 Å². The normalized spacial score (nSPS) is 18.5. The lowest BCUT2D eigenvalue weighted by molar-refractivity contribution is -0.146. The molecule has 0 bridgehead atoms. The Balaban J connectivity index is 0.000000206. The summed E-state index contributed by atoms with van der Waals surface area (Å²) in [5, 5.41) is 22.5. The van der Waals surface area contributed by atoms with Crippen molar-refractivity contribution in [2.24, 2.45) is 0 Å². The average Bonchev–Trinajstić information content (AvgIpc) is 2.76. The number of carbonyl (C=O) groups is 2. The van der Waals surface area contributed by atoms with Crippen molar-refractivity contribution < 1.29 is 46.1 Å². The first-order valence-corrected chi connectivity index (χ1v) is 11.0. The van der Waals surface area contributed by atoms with E-state index in [4.69, 9.17) is 45.0 Å². The number of rotatable bonds is 2. The third kappa shape index (κ3) is 6.43. The SMILES string of the molecule is O=C(O)C1=Cc2cc(Cl)cc(Cl)c2NC1C(F)(F)F.O=C(O)C1=Cc2cc(Cl)ccc2N[C@@H]1C(F)(F)F. The number of anilines is 2. The van der Waals surface area contributed by atoms with E-state index in [2.05, 4.69) is 10.6 Å². The van der Waals surface area contributed by atoms with E-state index >= 15 is 0 Å². The van der Waals surface area contributed by atoms with E-state index < -0.39 is 47.5 Å². The third-order valence-corrected chi connectivity index (χ3v) is 5.83. The molecule has 4 rings (SSSR count). The maximum Gasteiger partial charge on any atom is 0.413 e. The van der Waals surface area contributed by atoms with Crippen LogP contribution in [0.15, 0.2) is 41.5 Å². The van der Waals surface area contributed by atoms with Gasteiger partial charge in [-0.05, 0) is 48.0 Å². The summed E-state index contributed by atoms with van der Waals surface area (Å²) >= 11 is 17.2. The maximum atomic E-state index is 12.8. The molecular weight excluding hydrogens is 577 g/mol. The van der Waals surface area contributed by atoms with Crippen LogP contribution in [0.1, 0.15) is 11.1 Å². The van der Waals surface area contributed by atoms with Crippen molar-refractivity contribution in [1.29, 1.82) is 0 Å². The molecule has 0 fully saturated rings. The lowest BCUT2D eigenvalue weighted by atomic mass is 9.97. The summed E-state index contributed by atoms with van der Waals surface area (Å²) in [5.74, 6) is -3.27. The molecule has 198 valence electrons. The van der Waals surface area contributed by atoms with E-state index in [1.54, 1.807) is 0 Å². The lowest BCUT2D eigenvalue weighted by Gasteiger charge is -2.28. The second kappa shape index (κ2) is 10.3. The molecule has 0 spiro atoms. The minimum Gasteiger partial charge on any atom is -0.478 e. The molecule has 15 heteroatoms. The van der Waals surface area contributed by atoms with Crippen molar-refractivity contribution in [3.05, 3.63) is 67.7 Å². The Morgan fingerprint density at radius 3 is 1.73 bits per heavy atom. The molecule has 2 aliphatic rings. The lowest BCUT2D eigenvalue weighted by Crippen LogP contribution is -2.42. The summed E-state index contributed by atoms with van der Waals surface area (Å²) in [7, 11) is 0. The third-order valence-electron chi connectivity index (χ3n) is 5.08. The van der Waals surface area contributed by atoms with Crippen LogP contribution in [-0.2, 0) is 9.59 Å². The fourth-order valence-corrected chi connectivity index (χ4v) is 4.23. The molecule has 0 aliphatic carbocycles. The molecule has 0 saturated carbocycles. The second-order valence-electron chi connectivity index (χ2n) is 7.63. The van der Waals surface area contributed by atoms with Gasteiger partial charge in [-0.25, -0.2) is 9.59 Å². The summed E-state index contributed by atoms with van der Waals surface area (Å²) < 4.78 is 76.7. The Morgan fingerprint density at radius 2 is 1.22 bits per heavy atom. The van der Waals surface area contributed by atoms with Gasteiger partial charge in [-0.15, -0.1) is 0 Å². The van der Waals surface area contributed by atoms with Gasteiger partial charge in [-0.3, -0.25) is 0 Å². The molecule has 1 unspecified atom stereocenters. The molecule has 2 heterocycles. The first-order chi connectivity index (χ1) is 17.0. The highest BCUT2D eigenvalue weighted by molar-refractivity contribution is 6.37. The van der Waals surface area contributed by atoms with Crippen molar-refractivity contribution in [1.82, 2.24) is 0 Å². The van der Waals surface area contributed by atoms with Crippen LogP contribution < -0.4 is 10.6 Å². The number of carboxylic acid groups (broad SMARTS) is 2. The maximum absolute atomic E-state index is 12.8. The van der Waals surface area contributed by atoms with Crippen LogP contribution in [-0.4, -0.2) is 46.6 Å². The van der Waals surface area contributed by atoms with Crippen LogP contribution in [0, 0.1) is 0 Å². The van der Waals surface area contributed by atoms with E-state index in [-0.39, 0.29) is 27.0 Å². The first kappa shape index (κ1) is 28.5. The first-order valence-electron chi connectivity index (χ1n) is 9.84. The molecule has 0 aromatic heterocycles. The second-order valence-corrected chi connectivity index (χ2v) is 8.91. The van der Waals surface area contributed by atoms with E-state index in [0.29, 0.717) is 10.6 Å². The predicted octanol–water partition coefficient (Wildman–Crippen LogP) is 6.98. The molecular formula is C22H13Cl3F6N2O4. The van der Waals surface area contributed by atoms with E-state index in [1.807, 2.05) is 0 Å². The number of fused-ring (bicyclic) bond motifs is 2. The molecule has 37 heavy (non-hydrogen) atoms. The fraction of sp³-hybridized carbons (Fsp3) is 0.182. The minimum atomic E-state index is -4.75. The van der Waals surface area contributed by atoms with E-state index in [1.165, 1.54) is 30.3 Å². The predicted molar refractivity (Wildman–Crippen MR) is 126 cm³/mol. The highest BCUT2D eigenvalue weighted by Crippen LogP contribution is 2.40. The number of hydrogen-bond donors (Lipinski definition) is 4. The molecule has 0 radical (unpaired) electrons. The van der Waals surface area contributed by atoms with Crippen molar-refractivity contribution in [3.8, 4) is 0 Å². The standard InChI is InChI=1S/C11H6Cl2F3NO2.C11H7ClF3NO2/c12-5-1-4-2-6(10(18)19)9(11(14,15)16)17-8(4)7(13)3-5;12-6-1-2-8-5(3-6)4-7(10(17)18)9(16-8)11(13,14)15/h1-3,9,17H,(H,18,19);1-4,9,16H,(H,17,18)/t;9-/m.0/s1. The van der Waals surface area contributed by atoms with Crippen LogP contribution in [0.3, 0.4) is 0 Å². The molecule has 6 nitrogen and oxygen atoms in total. The number of alkyl halides is 6. The fourth-order valence-electron chi connectivity index (χ4n) is 3.49. The Morgan fingerprint density at radius 1 is 0.730 bits per heavy atom. The van der Waals surface area contributed by atoms with Gasteiger partial charge in [-0.2, -0.15) is 26.3 Å². The summed E-state index contributed by atoms with van der Waals surface area (Å²) in [5.41, 5.74) is -0.823. The zero-order valence-corrected chi connectivity index (χ0v) is 20.1. The number of carboxylic acids is 2. The minimum absolute atomic E-state index is 0.00237. The van der Waals surface area contributed by atoms with Gasteiger partial charge in [-0.1, -0.05) is 34.8 Å². The van der Waals surface area contributed by atoms with Gasteiger partial charge in [0.05, 0.1) is 21.9 Å². The number of nitrogens with one attached hydrogen (secondary N) is 2. The molecule has 0 saturated heterocycles. The summed E-state index contributed by atoms with van der Waals surface area (Å²) in [6, 6.07) is 2.30. The van der Waals surface area contributed by atoms with Crippen molar-refractivity contribution >= 4 is 70.3 Å². The molecule has 0 amide bonds. The van der Waals surface area contributed by atoms with E-state index in [0.717, 1.165) is 12.2 Å². The quantitative estimate of drug-likeness (QED) is 0.282. The highest BCUT2D eigenvalue weighted by Gasteiger charge is 2.47. The molecule has 4 N–H and O–H groups in total. The number of benzene rings is 2. The smallest absolute Gasteiger partial charge is 0.413 e. The van der Waals surface area contributed by atoms with Crippen LogP contribution in [0.4, 0.5) is 37.7 Å². The molecule has 2 atom stereocenters. The van der Waals surface area contributed by atoms with Crippen LogP contribution in [0.25, 0.3) is 12.2 Å². The monoisotopic (exact) mass is 588 g/mol. The largest absolute Gasteiger partial charge is 0.478 e. The Labute approximate surface area is 219 Å². The van der Waals surface area contributed by atoms with Crippen molar-refractivity contribution in [2.75, 3.05) is 10.6 Å². The van der Waals surface area contributed by atoms with Gasteiger partial charge in [0, 0.05) is 21.3 Å². The average molecular weight is 590 g/mol. The number of halogens is 9. The Kier molecular flexibility index (Phi) is 7.96. The summed E-state index contributed by atoms with van der Waals surface area (Å²) in [6.45, 7) is 0. The molecule has 2 aliphatic heterocycles. The zero-order chi connectivity index (χ0) is 27.9. The Bertz CT molecular complexity index is 1320. The zero-order valence-electron chi connectivity index (χ0n) is 17.8. The van der Waals surface area contributed by atoms with Gasteiger partial charge < -0.3 is 20.8 Å². The molecule has 2 aromatic carbocycles. The van der Waals surface area contributed by atoms with Gasteiger partial charge in [0.15, 0.2) is 12.1 Å². The van der Waals surface area contributed by atoms with Gasteiger partial charge in [0.2, 0.25) is 0 Å². The van der Waals surface area contributed by atoms with Gasteiger partial charge in [0.25, 0.3) is 0 Å². The van der Waals surface area contributed by atoms with Crippen molar-refractivity contribution in [2.45, 2.75) is 24.4 Å². The highest BCUT2D eigenvalue weighted by atomic mass is 35.5.